The molecule has 0 fully saturated rings. The van der Waals surface area contributed by atoms with Crippen LogP contribution in [0.3, 0.4) is 0 Å². The maximum Gasteiger partial charge on any atom is 0.248 e. The summed E-state index contributed by atoms with van der Waals surface area (Å²) in [5.74, 6) is -3.67. The standard InChI is InChI=1S/C18H15ClF3NO3/c1-3-26-16-7-10(6-11(19)18(16)25-2)4-5-17(24)23-15-9-13(21)12(20)8-14(15)22/h4-9H,3H2,1-2H3,(H,23,24)/b5-4+. The maximum absolute atomic E-state index is 13.5. The molecule has 1 amide bonds. The third kappa shape index (κ3) is 4.70. The monoisotopic (exact) mass is 385 g/mol. The van der Waals surface area contributed by atoms with Gasteiger partial charge in [-0.1, -0.05) is 11.6 Å². The van der Waals surface area contributed by atoms with Crippen molar-refractivity contribution in [2.45, 2.75) is 6.92 Å². The van der Waals surface area contributed by atoms with Gasteiger partial charge in [0, 0.05) is 18.2 Å². The van der Waals surface area contributed by atoms with Crippen LogP contribution >= 0.6 is 11.6 Å². The summed E-state index contributed by atoms with van der Waals surface area (Å²) < 4.78 is 50.1. The summed E-state index contributed by atoms with van der Waals surface area (Å²) >= 11 is 6.10. The average molecular weight is 386 g/mol. The van der Waals surface area contributed by atoms with Crippen molar-refractivity contribution in [1.29, 1.82) is 0 Å². The van der Waals surface area contributed by atoms with Crippen LogP contribution in [0.25, 0.3) is 6.08 Å². The first-order chi connectivity index (χ1) is 12.3. The second kappa shape index (κ2) is 8.62. The Hall–Kier alpha value is -2.67. The first-order valence-corrected chi connectivity index (χ1v) is 7.87. The molecule has 0 atom stereocenters. The number of hydrogen-bond acceptors (Lipinski definition) is 3. The number of hydrogen-bond donors (Lipinski definition) is 1. The SMILES string of the molecule is CCOc1cc(/C=C/C(=O)Nc2cc(F)c(F)cc2F)cc(Cl)c1OC. The van der Waals surface area contributed by atoms with E-state index in [0.29, 0.717) is 35.8 Å². The summed E-state index contributed by atoms with van der Waals surface area (Å²) in [7, 11) is 1.45. The molecule has 4 nitrogen and oxygen atoms in total. The van der Waals surface area contributed by atoms with E-state index in [0.717, 1.165) is 6.08 Å². The van der Waals surface area contributed by atoms with Crippen LogP contribution in [0.15, 0.2) is 30.3 Å². The van der Waals surface area contributed by atoms with Gasteiger partial charge in [0.2, 0.25) is 5.91 Å². The third-order valence-corrected chi connectivity index (χ3v) is 3.51. The van der Waals surface area contributed by atoms with Crippen LogP contribution in [-0.2, 0) is 4.79 Å². The molecule has 0 aromatic heterocycles. The molecule has 2 aromatic rings. The van der Waals surface area contributed by atoms with Gasteiger partial charge in [-0.2, -0.15) is 0 Å². The number of methoxy groups -OCH3 is 1. The fraction of sp³-hybridized carbons (Fsp3) is 0.167. The molecule has 0 heterocycles. The zero-order chi connectivity index (χ0) is 19.3. The highest BCUT2D eigenvalue weighted by Gasteiger charge is 2.12. The van der Waals surface area contributed by atoms with Crippen LogP contribution in [0.2, 0.25) is 5.02 Å². The van der Waals surface area contributed by atoms with Crippen molar-refractivity contribution in [2.75, 3.05) is 19.0 Å². The number of benzene rings is 2. The largest absolute Gasteiger partial charge is 0.491 e. The van der Waals surface area contributed by atoms with Crippen LogP contribution in [0.1, 0.15) is 12.5 Å². The molecule has 0 radical (unpaired) electrons. The minimum atomic E-state index is -1.34. The van der Waals surface area contributed by atoms with Crippen molar-refractivity contribution in [1.82, 2.24) is 0 Å². The lowest BCUT2D eigenvalue weighted by Gasteiger charge is -2.11. The molecule has 0 aliphatic heterocycles. The Morgan fingerprint density at radius 2 is 1.85 bits per heavy atom. The highest BCUT2D eigenvalue weighted by Crippen LogP contribution is 2.36. The lowest BCUT2D eigenvalue weighted by atomic mass is 10.2. The third-order valence-electron chi connectivity index (χ3n) is 3.23. The zero-order valence-corrected chi connectivity index (χ0v) is 14.7. The van der Waals surface area contributed by atoms with Crippen molar-refractivity contribution in [3.8, 4) is 11.5 Å². The number of ether oxygens (including phenoxy) is 2. The van der Waals surface area contributed by atoms with Gasteiger partial charge in [-0.15, -0.1) is 0 Å². The van der Waals surface area contributed by atoms with Crippen molar-refractivity contribution in [3.05, 3.63) is 58.4 Å². The number of anilines is 1. The second-order valence-electron chi connectivity index (χ2n) is 5.04. The van der Waals surface area contributed by atoms with E-state index in [4.69, 9.17) is 21.1 Å². The fourth-order valence-corrected chi connectivity index (χ4v) is 2.41. The number of carbonyl (C=O) groups is 1. The number of amides is 1. The minimum absolute atomic E-state index is 0.283. The van der Waals surface area contributed by atoms with Gasteiger partial charge >= 0.3 is 0 Å². The molecule has 0 bridgehead atoms. The van der Waals surface area contributed by atoms with E-state index < -0.39 is 29.0 Å². The molecule has 0 saturated carbocycles. The Morgan fingerprint density at radius 1 is 1.15 bits per heavy atom. The molecule has 0 spiro atoms. The minimum Gasteiger partial charge on any atom is -0.491 e. The first kappa shape index (κ1) is 19.7. The van der Waals surface area contributed by atoms with Crippen molar-refractivity contribution in [3.63, 3.8) is 0 Å². The van der Waals surface area contributed by atoms with Gasteiger partial charge in [0.15, 0.2) is 23.1 Å². The van der Waals surface area contributed by atoms with Crippen molar-refractivity contribution in [2.24, 2.45) is 0 Å². The predicted octanol–water partition coefficient (Wildman–Crippen LogP) is 4.82. The lowest BCUT2D eigenvalue weighted by Crippen LogP contribution is -2.10. The Labute approximate surface area is 153 Å². The summed E-state index contributed by atoms with van der Waals surface area (Å²) in [6, 6.07) is 4.07. The van der Waals surface area contributed by atoms with Gasteiger partial charge in [-0.05, 0) is 30.7 Å². The number of carbonyl (C=O) groups excluding carboxylic acids is 1. The van der Waals surface area contributed by atoms with Crippen LogP contribution in [0.4, 0.5) is 18.9 Å². The van der Waals surface area contributed by atoms with Crippen LogP contribution in [0.5, 0.6) is 11.5 Å². The Kier molecular flexibility index (Phi) is 6.52. The fourth-order valence-electron chi connectivity index (χ4n) is 2.11. The normalized spacial score (nSPS) is 10.8. The smallest absolute Gasteiger partial charge is 0.248 e. The van der Waals surface area contributed by atoms with E-state index in [-0.39, 0.29) is 5.02 Å². The first-order valence-electron chi connectivity index (χ1n) is 7.49. The molecule has 0 unspecified atom stereocenters. The molecule has 138 valence electrons. The van der Waals surface area contributed by atoms with E-state index >= 15 is 0 Å². The van der Waals surface area contributed by atoms with E-state index in [9.17, 15) is 18.0 Å². The van der Waals surface area contributed by atoms with E-state index in [1.165, 1.54) is 13.2 Å². The topological polar surface area (TPSA) is 47.6 Å². The molecule has 26 heavy (non-hydrogen) atoms. The second-order valence-corrected chi connectivity index (χ2v) is 5.44. The van der Waals surface area contributed by atoms with Crippen molar-refractivity contribution < 1.29 is 27.4 Å². The van der Waals surface area contributed by atoms with Crippen LogP contribution in [-0.4, -0.2) is 19.6 Å². The molecular weight excluding hydrogens is 371 g/mol. The van der Waals surface area contributed by atoms with E-state index in [1.54, 1.807) is 19.1 Å². The quantitative estimate of drug-likeness (QED) is 0.573. The summed E-state index contributed by atoms with van der Waals surface area (Å²) in [5, 5.41) is 2.41. The Morgan fingerprint density at radius 3 is 2.50 bits per heavy atom. The number of halogens is 4. The van der Waals surface area contributed by atoms with E-state index in [1.807, 2.05) is 0 Å². The molecule has 8 heteroatoms. The summed E-state index contributed by atoms with van der Waals surface area (Å²) in [6.45, 7) is 2.18. The van der Waals surface area contributed by atoms with Gasteiger partial charge < -0.3 is 14.8 Å². The van der Waals surface area contributed by atoms with Gasteiger partial charge in [-0.25, -0.2) is 13.2 Å². The van der Waals surface area contributed by atoms with Crippen LogP contribution in [0, 0.1) is 17.5 Å². The maximum atomic E-state index is 13.5. The lowest BCUT2D eigenvalue weighted by molar-refractivity contribution is -0.111. The van der Waals surface area contributed by atoms with Gasteiger partial charge in [0.05, 0.1) is 24.4 Å². The summed E-state index contributed by atoms with van der Waals surface area (Å²) in [5.41, 5.74) is 0.0569. The van der Waals surface area contributed by atoms with Crippen molar-refractivity contribution >= 4 is 29.3 Å². The van der Waals surface area contributed by atoms with E-state index in [2.05, 4.69) is 5.32 Å². The highest BCUT2D eigenvalue weighted by atomic mass is 35.5. The molecule has 0 saturated heterocycles. The average Bonchev–Trinajstić information content (AvgIpc) is 2.58. The molecule has 2 aromatic carbocycles. The predicted molar refractivity (Wildman–Crippen MR) is 93.2 cm³/mol. The Balaban J connectivity index is 2.19. The highest BCUT2D eigenvalue weighted by molar-refractivity contribution is 6.32. The van der Waals surface area contributed by atoms with Gasteiger partial charge in [-0.3, -0.25) is 4.79 Å². The molecule has 0 aliphatic carbocycles. The molecular formula is C18H15ClF3NO3. The van der Waals surface area contributed by atoms with Crippen LogP contribution < -0.4 is 14.8 Å². The Bertz CT molecular complexity index is 856. The zero-order valence-electron chi connectivity index (χ0n) is 13.9. The van der Waals surface area contributed by atoms with Gasteiger partial charge in [0.25, 0.3) is 0 Å². The van der Waals surface area contributed by atoms with Gasteiger partial charge in [0.1, 0.15) is 5.82 Å². The number of nitrogens with one attached hydrogen (secondary N) is 1. The molecule has 1 N–H and O–H groups in total. The summed E-state index contributed by atoms with van der Waals surface area (Å²) in [6.07, 6.45) is 2.50. The number of rotatable bonds is 6. The molecule has 2 rings (SSSR count). The molecule has 0 aliphatic rings. The summed E-state index contributed by atoms with van der Waals surface area (Å²) in [4.78, 5) is 11.9.